The maximum absolute atomic E-state index is 6.19. The molecule has 2 rings (SSSR count). The highest BCUT2D eigenvalue weighted by molar-refractivity contribution is 9.11. The molecule has 0 radical (unpaired) electrons. The number of ether oxygens (including phenoxy) is 1. The third-order valence-corrected chi connectivity index (χ3v) is 4.81. The molecule has 0 N–H and O–H groups in total. The second-order valence-corrected chi connectivity index (χ2v) is 6.20. The Morgan fingerprint density at radius 2 is 2.00 bits per heavy atom. The summed E-state index contributed by atoms with van der Waals surface area (Å²) in [5.74, 6) is 1.34. The zero-order valence-electron chi connectivity index (χ0n) is 11.1. The van der Waals surface area contributed by atoms with Crippen LogP contribution < -0.4 is 4.74 Å². The second-order valence-electron chi connectivity index (χ2n) is 4.19. The van der Waals surface area contributed by atoms with Crippen molar-refractivity contribution >= 4 is 43.5 Å². The van der Waals surface area contributed by atoms with Crippen LogP contribution in [0.25, 0.3) is 11.4 Å². The summed E-state index contributed by atoms with van der Waals surface area (Å²) >= 11 is 13.1. The Morgan fingerprint density at radius 1 is 1.25 bits per heavy atom. The molecule has 0 bridgehead atoms. The molecule has 0 saturated carbocycles. The quantitative estimate of drug-likeness (QED) is 0.631. The summed E-state index contributed by atoms with van der Waals surface area (Å²) in [7, 11) is 1.63. The first-order valence-corrected chi connectivity index (χ1v) is 8.09. The van der Waals surface area contributed by atoms with E-state index in [0.717, 1.165) is 38.8 Å². The van der Waals surface area contributed by atoms with Crippen LogP contribution >= 0.6 is 43.5 Å². The van der Waals surface area contributed by atoms with Gasteiger partial charge < -0.3 is 4.74 Å². The largest absolute Gasteiger partial charge is 0.497 e. The van der Waals surface area contributed by atoms with Crippen molar-refractivity contribution in [3.05, 3.63) is 38.0 Å². The van der Waals surface area contributed by atoms with Crippen molar-refractivity contribution < 1.29 is 4.74 Å². The van der Waals surface area contributed by atoms with Crippen LogP contribution in [0.1, 0.15) is 19.0 Å². The van der Waals surface area contributed by atoms with Crippen molar-refractivity contribution in [1.82, 2.24) is 9.97 Å². The summed E-state index contributed by atoms with van der Waals surface area (Å²) < 4.78 is 6.91. The van der Waals surface area contributed by atoms with Crippen LogP contribution in [0.3, 0.4) is 0 Å². The third kappa shape index (κ3) is 3.32. The SMILES string of the molecule is CCCc1nc(-c2cc(OC)ccc2Br)nc(Cl)c1Br. The number of methoxy groups -OCH3 is 1. The normalized spacial score (nSPS) is 10.7. The van der Waals surface area contributed by atoms with E-state index in [4.69, 9.17) is 16.3 Å². The molecule has 0 aliphatic rings. The van der Waals surface area contributed by atoms with Crippen molar-refractivity contribution in [1.29, 1.82) is 0 Å². The predicted molar refractivity (Wildman–Crippen MR) is 88.4 cm³/mol. The van der Waals surface area contributed by atoms with Crippen molar-refractivity contribution in [2.24, 2.45) is 0 Å². The summed E-state index contributed by atoms with van der Waals surface area (Å²) in [4.78, 5) is 8.95. The molecule has 2 aromatic rings. The Morgan fingerprint density at radius 3 is 2.65 bits per heavy atom. The van der Waals surface area contributed by atoms with Crippen LogP contribution in [0.15, 0.2) is 27.1 Å². The lowest BCUT2D eigenvalue weighted by Crippen LogP contribution is -1.99. The summed E-state index contributed by atoms with van der Waals surface area (Å²) in [6.45, 7) is 2.10. The van der Waals surface area contributed by atoms with Crippen molar-refractivity contribution in [2.75, 3.05) is 7.11 Å². The number of nitrogens with zero attached hydrogens (tertiary/aromatic N) is 2. The van der Waals surface area contributed by atoms with Crippen molar-refractivity contribution in [3.8, 4) is 17.1 Å². The van der Waals surface area contributed by atoms with Crippen molar-refractivity contribution in [3.63, 3.8) is 0 Å². The van der Waals surface area contributed by atoms with Gasteiger partial charge in [-0.2, -0.15) is 0 Å². The highest BCUT2D eigenvalue weighted by atomic mass is 79.9. The lowest BCUT2D eigenvalue weighted by atomic mass is 10.2. The molecule has 3 nitrogen and oxygen atoms in total. The number of benzene rings is 1. The van der Waals surface area contributed by atoms with Gasteiger partial charge in [-0.1, -0.05) is 40.9 Å². The molecule has 0 aliphatic carbocycles. The number of aryl methyl sites for hydroxylation is 1. The lowest BCUT2D eigenvalue weighted by Gasteiger charge is -2.10. The smallest absolute Gasteiger partial charge is 0.162 e. The van der Waals surface area contributed by atoms with Crippen LogP contribution in [0.2, 0.25) is 5.15 Å². The molecule has 1 aromatic carbocycles. The molecular weight excluding hydrogens is 407 g/mol. The summed E-state index contributed by atoms with van der Waals surface area (Å²) in [6, 6.07) is 5.67. The molecule has 1 heterocycles. The number of hydrogen-bond acceptors (Lipinski definition) is 3. The zero-order valence-corrected chi connectivity index (χ0v) is 15.0. The summed E-state index contributed by atoms with van der Waals surface area (Å²) in [5, 5.41) is 0.424. The topological polar surface area (TPSA) is 35.0 Å². The van der Waals surface area contributed by atoms with Gasteiger partial charge in [0.1, 0.15) is 10.9 Å². The highest BCUT2D eigenvalue weighted by Gasteiger charge is 2.14. The Bertz CT molecular complexity index is 635. The van der Waals surface area contributed by atoms with Gasteiger partial charge in [-0.25, -0.2) is 9.97 Å². The van der Waals surface area contributed by atoms with E-state index in [0.29, 0.717) is 11.0 Å². The van der Waals surface area contributed by atoms with Gasteiger partial charge in [0.25, 0.3) is 0 Å². The predicted octanol–water partition coefficient (Wildman–Crippen LogP) is 5.28. The Labute approximate surface area is 140 Å². The van der Waals surface area contributed by atoms with Gasteiger partial charge in [0, 0.05) is 10.0 Å². The minimum absolute atomic E-state index is 0.424. The van der Waals surface area contributed by atoms with Gasteiger partial charge in [-0.3, -0.25) is 0 Å². The molecule has 6 heteroatoms. The molecule has 0 atom stereocenters. The molecule has 20 heavy (non-hydrogen) atoms. The maximum Gasteiger partial charge on any atom is 0.162 e. The Kier molecular flexibility index (Phi) is 5.41. The van der Waals surface area contributed by atoms with E-state index in [-0.39, 0.29) is 0 Å². The van der Waals surface area contributed by atoms with Gasteiger partial charge in [-0.05, 0) is 40.5 Å². The van der Waals surface area contributed by atoms with E-state index < -0.39 is 0 Å². The summed E-state index contributed by atoms with van der Waals surface area (Å²) in [5.41, 5.74) is 1.77. The van der Waals surface area contributed by atoms with Crippen LogP contribution in [0, 0.1) is 0 Å². The molecule has 0 fully saturated rings. The van der Waals surface area contributed by atoms with E-state index in [9.17, 15) is 0 Å². The Hall–Kier alpha value is -0.650. The van der Waals surface area contributed by atoms with E-state index in [1.807, 2.05) is 18.2 Å². The first-order valence-electron chi connectivity index (χ1n) is 6.12. The molecular formula is C14H13Br2ClN2O. The molecule has 0 aliphatic heterocycles. The van der Waals surface area contributed by atoms with E-state index in [2.05, 4.69) is 48.8 Å². The third-order valence-electron chi connectivity index (χ3n) is 2.78. The Balaban J connectivity index is 2.57. The second kappa shape index (κ2) is 6.87. The fourth-order valence-corrected chi connectivity index (χ4v) is 2.78. The standard InChI is InChI=1S/C14H13Br2ClN2O/c1-3-4-11-12(16)13(17)19-14(18-11)9-7-8(20-2)5-6-10(9)15/h5-7H,3-4H2,1-2H3. The number of hydrogen-bond donors (Lipinski definition) is 0. The number of halogens is 3. The van der Waals surface area contributed by atoms with Gasteiger partial charge >= 0.3 is 0 Å². The minimum atomic E-state index is 0.424. The number of rotatable bonds is 4. The van der Waals surface area contributed by atoms with Crippen LogP contribution in [0.5, 0.6) is 5.75 Å². The highest BCUT2D eigenvalue weighted by Crippen LogP contribution is 2.33. The molecule has 0 spiro atoms. The first-order chi connectivity index (χ1) is 9.56. The minimum Gasteiger partial charge on any atom is -0.497 e. The van der Waals surface area contributed by atoms with Gasteiger partial charge in [0.15, 0.2) is 5.82 Å². The summed E-state index contributed by atoms with van der Waals surface area (Å²) in [6.07, 6.45) is 1.84. The van der Waals surface area contributed by atoms with E-state index >= 15 is 0 Å². The average molecular weight is 421 g/mol. The molecule has 0 unspecified atom stereocenters. The van der Waals surface area contributed by atoms with Gasteiger partial charge in [0.2, 0.25) is 0 Å². The van der Waals surface area contributed by atoms with E-state index in [1.54, 1.807) is 7.11 Å². The fraction of sp³-hybridized carbons (Fsp3) is 0.286. The van der Waals surface area contributed by atoms with Crippen LogP contribution in [0.4, 0.5) is 0 Å². The van der Waals surface area contributed by atoms with Crippen LogP contribution in [-0.4, -0.2) is 17.1 Å². The van der Waals surface area contributed by atoms with Gasteiger partial charge in [0.05, 0.1) is 17.3 Å². The first kappa shape index (κ1) is 15.7. The molecule has 0 amide bonds. The molecule has 1 aromatic heterocycles. The number of aromatic nitrogens is 2. The molecule has 0 saturated heterocycles. The van der Waals surface area contributed by atoms with Gasteiger partial charge in [-0.15, -0.1) is 0 Å². The monoisotopic (exact) mass is 418 g/mol. The van der Waals surface area contributed by atoms with E-state index in [1.165, 1.54) is 0 Å². The van der Waals surface area contributed by atoms with Crippen molar-refractivity contribution in [2.45, 2.75) is 19.8 Å². The maximum atomic E-state index is 6.19. The fourth-order valence-electron chi connectivity index (χ4n) is 1.79. The van der Waals surface area contributed by atoms with Crippen LogP contribution in [-0.2, 0) is 6.42 Å². The average Bonchev–Trinajstić information content (AvgIpc) is 2.44. The molecule has 106 valence electrons. The lowest BCUT2D eigenvalue weighted by molar-refractivity contribution is 0.415. The zero-order chi connectivity index (χ0) is 14.7.